The average Bonchev–Trinajstić information content (AvgIpc) is 2.50. The van der Waals surface area contributed by atoms with E-state index < -0.39 is 0 Å². The molecule has 3 heteroatoms. The fourth-order valence-electron chi connectivity index (χ4n) is 3.19. The molecule has 1 heterocycles. The first-order valence-corrected chi connectivity index (χ1v) is 7.98. The molecule has 1 aromatic heterocycles. The number of pyridine rings is 1. The normalized spacial score (nSPS) is 22.4. The lowest BCUT2D eigenvalue weighted by Crippen LogP contribution is -2.28. The lowest BCUT2D eigenvalue weighted by molar-refractivity contribution is 0.104. The minimum absolute atomic E-state index is 0.340. The number of hydrogen-bond acceptors (Lipinski definition) is 3. The highest BCUT2D eigenvalue weighted by atomic mass is 16.5. The number of rotatable bonds is 4. The maximum Gasteiger partial charge on any atom is 0.130 e. The fourth-order valence-corrected chi connectivity index (χ4v) is 3.19. The SMILES string of the molecule is CNCc1cc(OC2CCCCC2C)c2ccccc2n1. The molecule has 3 nitrogen and oxygen atoms in total. The molecule has 1 aromatic carbocycles. The van der Waals surface area contributed by atoms with E-state index >= 15 is 0 Å². The van der Waals surface area contributed by atoms with Gasteiger partial charge in [-0.05, 0) is 44.4 Å². The van der Waals surface area contributed by atoms with Gasteiger partial charge in [0.15, 0.2) is 0 Å². The second-order valence-electron chi connectivity index (χ2n) is 6.08. The highest BCUT2D eigenvalue weighted by Crippen LogP contribution is 2.32. The van der Waals surface area contributed by atoms with Gasteiger partial charge in [0.1, 0.15) is 11.9 Å². The van der Waals surface area contributed by atoms with Crippen LogP contribution < -0.4 is 10.1 Å². The molecule has 3 rings (SSSR count). The van der Waals surface area contributed by atoms with Crippen LogP contribution in [0.25, 0.3) is 10.9 Å². The van der Waals surface area contributed by atoms with Crippen molar-refractivity contribution in [2.24, 2.45) is 5.92 Å². The molecular weight excluding hydrogens is 260 g/mol. The zero-order valence-electron chi connectivity index (χ0n) is 12.9. The van der Waals surface area contributed by atoms with E-state index in [2.05, 4.69) is 36.5 Å². The molecule has 0 radical (unpaired) electrons. The average molecular weight is 284 g/mol. The maximum atomic E-state index is 6.40. The van der Waals surface area contributed by atoms with Gasteiger partial charge in [-0.1, -0.05) is 25.5 Å². The second-order valence-corrected chi connectivity index (χ2v) is 6.08. The monoisotopic (exact) mass is 284 g/mol. The molecular formula is C18H24N2O. The molecule has 1 saturated carbocycles. The summed E-state index contributed by atoms with van der Waals surface area (Å²) in [4.78, 5) is 4.70. The molecule has 2 atom stereocenters. The van der Waals surface area contributed by atoms with Gasteiger partial charge in [-0.2, -0.15) is 0 Å². The van der Waals surface area contributed by atoms with Gasteiger partial charge in [0.05, 0.1) is 11.2 Å². The van der Waals surface area contributed by atoms with Crippen LogP contribution in [-0.2, 0) is 6.54 Å². The Kier molecular flexibility index (Phi) is 4.39. The summed E-state index contributed by atoms with van der Waals surface area (Å²) in [6.45, 7) is 3.07. The van der Waals surface area contributed by atoms with E-state index in [1.165, 1.54) is 25.7 Å². The highest BCUT2D eigenvalue weighted by molar-refractivity contribution is 5.85. The number of nitrogens with one attached hydrogen (secondary N) is 1. The third kappa shape index (κ3) is 3.18. The Bertz CT molecular complexity index is 611. The van der Waals surface area contributed by atoms with E-state index in [-0.39, 0.29) is 0 Å². The molecule has 0 saturated heterocycles. The predicted octanol–water partition coefficient (Wildman–Crippen LogP) is 3.91. The van der Waals surface area contributed by atoms with Crippen molar-refractivity contribution in [3.63, 3.8) is 0 Å². The van der Waals surface area contributed by atoms with Crippen LogP contribution >= 0.6 is 0 Å². The molecule has 1 N–H and O–H groups in total. The van der Waals surface area contributed by atoms with Crippen molar-refractivity contribution in [1.29, 1.82) is 0 Å². The Morgan fingerprint density at radius 3 is 2.86 bits per heavy atom. The number of benzene rings is 1. The third-order valence-electron chi connectivity index (χ3n) is 4.40. The van der Waals surface area contributed by atoms with Crippen molar-refractivity contribution in [3.8, 4) is 5.75 Å². The first kappa shape index (κ1) is 14.3. The first-order valence-electron chi connectivity index (χ1n) is 7.98. The van der Waals surface area contributed by atoms with E-state index in [4.69, 9.17) is 9.72 Å². The van der Waals surface area contributed by atoms with Gasteiger partial charge in [0, 0.05) is 18.0 Å². The molecule has 0 bridgehead atoms. The van der Waals surface area contributed by atoms with Crippen molar-refractivity contribution >= 4 is 10.9 Å². The summed E-state index contributed by atoms with van der Waals surface area (Å²) < 4.78 is 6.40. The van der Waals surface area contributed by atoms with Crippen LogP contribution in [0.2, 0.25) is 0 Å². The van der Waals surface area contributed by atoms with E-state index in [1.54, 1.807) is 0 Å². The summed E-state index contributed by atoms with van der Waals surface area (Å²) in [7, 11) is 1.95. The van der Waals surface area contributed by atoms with Gasteiger partial charge in [-0.25, -0.2) is 0 Å². The standard InChI is InChI=1S/C18H24N2O/c1-13-7-3-6-10-17(13)21-18-11-14(12-19-2)20-16-9-5-4-8-15(16)18/h4-5,8-9,11,13,17,19H,3,6-7,10,12H2,1-2H3. The summed E-state index contributed by atoms with van der Waals surface area (Å²) in [6.07, 6.45) is 5.40. The zero-order chi connectivity index (χ0) is 14.7. The minimum atomic E-state index is 0.340. The molecule has 0 amide bonds. The van der Waals surface area contributed by atoms with Crippen LogP contribution in [0.3, 0.4) is 0 Å². The van der Waals surface area contributed by atoms with Crippen LogP contribution in [0.5, 0.6) is 5.75 Å². The van der Waals surface area contributed by atoms with Crippen molar-refractivity contribution in [2.75, 3.05) is 7.05 Å². The fraction of sp³-hybridized carbons (Fsp3) is 0.500. The van der Waals surface area contributed by atoms with Crippen LogP contribution in [0.15, 0.2) is 30.3 Å². The van der Waals surface area contributed by atoms with Gasteiger partial charge in [-0.15, -0.1) is 0 Å². The number of ether oxygens (including phenoxy) is 1. The summed E-state index contributed by atoms with van der Waals surface area (Å²) >= 11 is 0. The predicted molar refractivity (Wildman–Crippen MR) is 86.6 cm³/mol. The maximum absolute atomic E-state index is 6.40. The van der Waals surface area contributed by atoms with Crippen LogP contribution in [0.1, 0.15) is 38.3 Å². The van der Waals surface area contributed by atoms with E-state index in [1.807, 2.05) is 13.1 Å². The molecule has 1 fully saturated rings. The summed E-state index contributed by atoms with van der Waals surface area (Å²) in [5.74, 6) is 1.63. The minimum Gasteiger partial charge on any atom is -0.489 e. The Balaban J connectivity index is 1.95. The van der Waals surface area contributed by atoms with Crippen LogP contribution in [0.4, 0.5) is 0 Å². The van der Waals surface area contributed by atoms with Crippen molar-refractivity contribution < 1.29 is 4.74 Å². The first-order chi connectivity index (χ1) is 10.3. The Labute approximate surface area is 126 Å². The summed E-state index contributed by atoms with van der Waals surface area (Å²) in [5, 5.41) is 4.29. The number of hydrogen-bond donors (Lipinski definition) is 1. The molecule has 0 spiro atoms. The lowest BCUT2D eigenvalue weighted by Gasteiger charge is -2.29. The molecule has 1 aliphatic rings. The third-order valence-corrected chi connectivity index (χ3v) is 4.40. The zero-order valence-corrected chi connectivity index (χ0v) is 12.9. The molecule has 1 aliphatic carbocycles. The van der Waals surface area contributed by atoms with Crippen LogP contribution in [0, 0.1) is 5.92 Å². The Morgan fingerprint density at radius 2 is 2.05 bits per heavy atom. The van der Waals surface area contributed by atoms with Gasteiger partial charge in [0.2, 0.25) is 0 Å². The molecule has 2 unspecified atom stereocenters. The number of fused-ring (bicyclic) bond motifs is 1. The quantitative estimate of drug-likeness (QED) is 0.924. The van der Waals surface area contributed by atoms with E-state index in [0.717, 1.165) is 28.9 Å². The number of para-hydroxylation sites is 1. The lowest BCUT2D eigenvalue weighted by atomic mass is 9.88. The van der Waals surface area contributed by atoms with Crippen LogP contribution in [-0.4, -0.2) is 18.1 Å². The Morgan fingerprint density at radius 1 is 1.24 bits per heavy atom. The highest BCUT2D eigenvalue weighted by Gasteiger charge is 2.23. The van der Waals surface area contributed by atoms with Gasteiger partial charge >= 0.3 is 0 Å². The molecule has 21 heavy (non-hydrogen) atoms. The molecule has 0 aliphatic heterocycles. The summed E-state index contributed by atoms with van der Waals surface area (Å²) in [5.41, 5.74) is 2.05. The van der Waals surface area contributed by atoms with Gasteiger partial charge in [-0.3, -0.25) is 4.98 Å². The molecule has 2 aromatic rings. The van der Waals surface area contributed by atoms with Gasteiger partial charge < -0.3 is 10.1 Å². The molecule has 112 valence electrons. The Hall–Kier alpha value is -1.61. The van der Waals surface area contributed by atoms with Crippen molar-refractivity contribution in [3.05, 3.63) is 36.0 Å². The number of nitrogens with zero attached hydrogens (tertiary/aromatic N) is 1. The number of aromatic nitrogens is 1. The van der Waals surface area contributed by atoms with E-state index in [9.17, 15) is 0 Å². The summed E-state index contributed by atoms with van der Waals surface area (Å²) in [6, 6.07) is 10.4. The van der Waals surface area contributed by atoms with Crippen molar-refractivity contribution in [2.45, 2.75) is 45.3 Å². The second kappa shape index (κ2) is 6.44. The largest absolute Gasteiger partial charge is 0.489 e. The topological polar surface area (TPSA) is 34.1 Å². The van der Waals surface area contributed by atoms with Crippen molar-refractivity contribution in [1.82, 2.24) is 10.3 Å². The van der Waals surface area contributed by atoms with E-state index in [0.29, 0.717) is 12.0 Å². The smallest absolute Gasteiger partial charge is 0.130 e. The van der Waals surface area contributed by atoms with Gasteiger partial charge in [0.25, 0.3) is 0 Å².